The number of aryl methyl sites for hydroxylation is 1. The molecule has 4 heteroatoms. The number of nitrogens with zero attached hydrogens (tertiary/aromatic N) is 2. The Hall–Kier alpha value is -0.540. The van der Waals surface area contributed by atoms with Crippen LogP contribution in [0.15, 0.2) is 22.9 Å². The van der Waals surface area contributed by atoms with Gasteiger partial charge in [0.1, 0.15) is 5.15 Å². The van der Waals surface area contributed by atoms with E-state index in [2.05, 4.69) is 20.9 Å². The largest absolute Gasteiger partial charge is 0.305 e. The lowest BCUT2D eigenvalue weighted by atomic mass is 10.3. The van der Waals surface area contributed by atoms with Crippen molar-refractivity contribution in [2.24, 2.45) is 0 Å². The molecule has 0 saturated carbocycles. The second-order valence-electron chi connectivity index (χ2n) is 2.61. The molecule has 2 aromatic rings. The summed E-state index contributed by atoms with van der Waals surface area (Å²) in [5.41, 5.74) is 2.02. The molecular weight excluding hydrogens is 239 g/mol. The molecule has 2 rings (SSSR count). The number of hydrogen-bond acceptors (Lipinski definition) is 1. The van der Waals surface area contributed by atoms with E-state index in [-0.39, 0.29) is 0 Å². The number of aromatic nitrogens is 2. The molecule has 0 atom stereocenters. The number of pyridine rings is 1. The Morgan fingerprint density at radius 2 is 2.33 bits per heavy atom. The van der Waals surface area contributed by atoms with Gasteiger partial charge in [0, 0.05) is 12.4 Å². The third-order valence-corrected chi connectivity index (χ3v) is 2.89. The van der Waals surface area contributed by atoms with Crippen LogP contribution in [-0.4, -0.2) is 9.38 Å². The Bertz CT molecular complexity index is 436. The Balaban J connectivity index is 2.89. The molecule has 2 heterocycles. The van der Waals surface area contributed by atoms with Gasteiger partial charge in [-0.2, -0.15) is 0 Å². The van der Waals surface area contributed by atoms with E-state index in [9.17, 15) is 0 Å². The maximum absolute atomic E-state index is 5.75. The van der Waals surface area contributed by atoms with Gasteiger partial charge in [0.25, 0.3) is 0 Å². The fourth-order valence-electron chi connectivity index (χ4n) is 1.08. The average Bonchev–Trinajstić information content (AvgIpc) is 2.39. The van der Waals surface area contributed by atoms with E-state index < -0.39 is 0 Å². The molecule has 0 spiro atoms. The predicted molar refractivity (Wildman–Crippen MR) is 52.6 cm³/mol. The molecule has 0 fully saturated rings. The normalized spacial score (nSPS) is 10.9. The van der Waals surface area contributed by atoms with Crippen molar-refractivity contribution in [2.45, 2.75) is 6.92 Å². The summed E-state index contributed by atoms with van der Waals surface area (Å²) in [6, 6.07) is 2.01. The van der Waals surface area contributed by atoms with Gasteiger partial charge in [-0.1, -0.05) is 11.6 Å². The van der Waals surface area contributed by atoms with Crippen LogP contribution < -0.4 is 0 Å². The first-order valence-electron chi connectivity index (χ1n) is 3.48. The van der Waals surface area contributed by atoms with Crippen molar-refractivity contribution in [3.8, 4) is 0 Å². The Labute approximate surface area is 83.3 Å². The summed E-state index contributed by atoms with van der Waals surface area (Å²) in [4.78, 5) is 4.16. The molecule has 62 valence electrons. The van der Waals surface area contributed by atoms with Crippen LogP contribution in [0.25, 0.3) is 5.65 Å². The van der Waals surface area contributed by atoms with Crippen molar-refractivity contribution in [2.75, 3.05) is 0 Å². The summed E-state index contributed by atoms with van der Waals surface area (Å²) in [5.74, 6) is 0. The van der Waals surface area contributed by atoms with Crippen LogP contribution >= 0.6 is 27.5 Å². The van der Waals surface area contributed by atoms with E-state index >= 15 is 0 Å². The summed E-state index contributed by atoms with van der Waals surface area (Å²) in [6.07, 6.45) is 3.72. The predicted octanol–water partition coefficient (Wildman–Crippen LogP) is 3.06. The van der Waals surface area contributed by atoms with Gasteiger partial charge >= 0.3 is 0 Å². The number of halogens is 2. The van der Waals surface area contributed by atoms with Crippen molar-refractivity contribution < 1.29 is 0 Å². The van der Waals surface area contributed by atoms with Gasteiger partial charge in [-0.05, 0) is 34.5 Å². The number of hydrogen-bond donors (Lipinski definition) is 0. The molecule has 0 amide bonds. The molecule has 0 aliphatic carbocycles. The van der Waals surface area contributed by atoms with Gasteiger partial charge < -0.3 is 4.40 Å². The molecule has 0 radical (unpaired) electrons. The van der Waals surface area contributed by atoms with Gasteiger partial charge in [0.2, 0.25) is 0 Å². The zero-order valence-electron chi connectivity index (χ0n) is 6.38. The minimum atomic E-state index is 0.515. The van der Waals surface area contributed by atoms with Crippen LogP contribution in [0, 0.1) is 6.92 Å². The molecule has 0 N–H and O–H groups in total. The second-order valence-corrected chi connectivity index (χ2v) is 3.79. The van der Waals surface area contributed by atoms with Crippen molar-refractivity contribution in [3.63, 3.8) is 0 Å². The summed E-state index contributed by atoms with van der Waals surface area (Å²) in [6.45, 7) is 2.02. The highest BCUT2D eigenvalue weighted by Gasteiger charge is 2.04. The average molecular weight is 246 g/mol. The third kappa shape index (κ3) is 1.13. The third-order valence-electron chi connectivity index (χ3n) is 1.73. The Kier molecular flexibility index (Phi) is 1.85. The van der Waals surface area contributed by atoms with Crippen molar-refractivity contribution >= 4 is 33.2 Å². The summed E-state index contributed by atoms with van der Waals surface area (Å²) in [7, 11) is 0. The first-order chi connectivity index (χ1) is 5.68. The molecule has 2 aromatic heterocycles. The smallest absolute Gasteiger partial charge is 0.153 e. The summed E-state index contributed by atoms with van der Waals surface area (Å²) < 4.78 is 2.89. The quantitative estimate of drug-likeness (QED) is 0.697. The number of imidazole rings is 1. The zero-order chi connectivity index (χ0) is 8.72. The van der Waals surface area contributed by atoms with Gasteiger partial charge in [-0.3, -0.25) is 0 Å². The monoisotopic (exact) mass is 244 g/mol. The van der Waals surface area contributed by atoms with E-state index in [0.717, 1.165) is 15.7 Å². The number of fused-ring (bicyclic) bond motifs is 1. The van der Waals surface area contributed by atoms with Gasteiger partial charge in [-0.25, -0.2) is 4.98 Å². The van der Waals surface area contributed by atoms with Gasteiger partial charge in [0.05, 0.1) is 4.47 Å². The van der Waals surface area contributed by atoms with E-state index in [1.54, 1.807) is 6.20 Å². The van der Waals surface area contributed by atoms with Gasteiger partial charge in [0.15, 0.2) is 5.65 Å². The minimum Gasteiger partial charge on any atom is -0.305 e. The fraction of sp³-hybridized carbons (Fsp3) is 0.125. The highest BCUT2D eigenvalue weighted by atomic mass is 79.9. The van der Waals surface area contributed by atoms with Gasteiger partial charge in [-0.15, -0.1) is 0 Å². The summed E-state index contributed by atoms with van der Waals surface area (Å²) in [5, 5.41) is 0.515. The van der Waals surface area contributed by atoms with Crippen LogP contribution in [-0.2, 0) is 0 Å². The molecular formula is C8H6BrClN2. The lowest BCUT2D eigenvalue weighted by Gasteiger charge is -1.98. The maximum Gasteiger partial charge on any atom is 0.153 e. The molecule has 0 unspecified atom stereocenters. The van der Waals surface area contributed by atoms with Crippen molar-refractivity contribution in [1.82, 2.24) is 9.38 Å². The van der Waals surface area contributed by atoms with E-state index in [1.807, 2.05) is 23.6 Å². The zero-order valence-corrected chi connectivity index (χ0v) is 8.72. The van der Waals surface area contributed by atoms with Crippen LogP contribution in [0.5, 0.6) is 0 Å². The second kappa shape index (κ2) is 2.75. The molecule has 12 heavy (non-hydrogen) atoms. The Morgan fingerprint density at radius 1 is 1.58 bits per heavy atom. The molecule has 0 aromatic carbocycles. The number of rotatable bonds is 0. The molecule has 2 nitrogen and oxygen atoms in total. The minimum absolute atomic E-state index is 0.515. The summed E-state index contributed by atoms with van der Waals surface area (Å²) >= 11 is 9.21. The molecule has 0 saturated heterocycles. The lowest BCUT2D eigenvalue weighted by Crippen LogP contribution is -1.85. The van der Waals surface area contributed by atoms with Crippen LogP contribution in [0.1, 0.15) is 5.56 Å². The van der Waals surface area contributed by atoms with Crippen LogP contribution in [0.4, 0.5) is 0 Å². The van der Waals surface area contributed by atoms with Crippen LogP contribution in [0.3, 0.4) is 0 Å². The van der Waals surface area contributed by atoms with Crippen LogP contribution in [0.2, 0.25) is 5.15 Å². The molecule has 0 aliphatic rings. The molecule has 0 aliphatic heterocycles. The van der Waals surface area contributed by atoms with Crippen molar-refractivity contribution in [1.29, 1.82) is 0 Å². The fourth-order valence-corrected chi connectivity index (χ4v) is 1.69. The highest BCUT2D eigenvalue weighted by Crippen LogP contribution is 2.22. The SMILES string of the molecule is Cc1ccn2cc(Cl)nc2c1Br. The standard InChI is InChI=1S/C8H6BrClN2/c1-5-2-3-12-4-6(10)11-8(12)7(5)9/h2-4H,1H3. The highest BCUT2D eigenvalue weighted by molar-refractivity contribution is 9.10. The van der Waals surface area contributed by atoms with E-state index in [4.69, 9.17) is 11.6 Å². The topological polar surface area (TPSA) is 17.3 Å². The maximum atomic E-state index is 5.75. The Morgan fingerprint density at radius 3 is 3.08 bits per heavy atom. The molecule has 0 bridgehead atoms. The van der Waals surface area contributed by atoms with E-state index in [1.165, 1.54) is 0 Å². The lowest BCUT2D eigenvalue weighted by molar-refractivity contribution is 1.16. The first-order valence-corrected chi connectivity index (χ1v) is 4.65. The first kappa shape index (κ1) is 8.08. The van der Waals surface area contributed by atoms with E-state index in [0.29, 0.717) is 5.15 Å². The van der Waals surface area contributed by atoms with Crippen molar-refractivity contribution in [3.05, 3.63) is 33.6 Å².